The summed E-state index contributed by atoms with van der Waals surface area (Å²) < 4.78 is 12.9. The van der Waals surface area contributed by atoms with Crippen molar-refractivity contribution in [1.29, 1.82) is 0 Å². The molecule has 1 aromatic heterocycles. The number of carbonyl (C=O) groups excluding carboxylic acids is 1. The zero-order valence-corrected chi connectivity index (χ0v) is 20.1. The molecule has 0 saturated carbocycles. The molecule has 4 rings (SSSR count). The van der Waals surface area contributed by atoms with Gasteiger partial charge in [-0.25, -0.2) is 4.68 Å². The topological polar surface area (TPSA) is 90.3 Å². The van der Waals surface area contributed by atoms with Gasteiger partial charge < -0.3 is 20.1 Å². The van der Waals surface area contributed by atoms with Crippen LogP contribution in [0.3, 0.4) is 0 Å². The highest BCUT2D eigenvalue weighted by Crippen LogP contribution is 2.41. The number of hydrogen-bond donors (Lipinski definition) is 2. The van der Waals surface area contributed by atoms with E-state index in [1.165, 1.54) is 0 Å². The average Bonchev–Trinajstić information content (AvgIpc) is 3.19. The van der Waals surface area contributed by atoms with E-state index in [2.05, 4.69) is 15.6 Å². The number of benzene rings is 2. The number of methoxy groups -OCH3 is 2. The first-order chi connectivity index (χ1) is 15.9. The molecule has 0 saturated heterocycles. The molecular weight excluding hydrogens is 438 g/mol. The zero-order chi connectivity index (χ0) is 23.5. The number of ether oxygens (including phenoxy) is 2. The minimum atomic E-state index is -0.560. The quantitative estimate of drug-likeness (QED) is 0.491. The van der Waals surface area contributed by atoms with Crippen LogP contribution in [-0.2, 0) is 4.79 Å². The Labute approximate surface area is 197 Å². The van der Waals surface area contributed by atoms with Crippen LogP contribution in [0, 0.1) is 6.92 Å². The summed E-state index contributed by atoms with van der Waals surface area (Å²) in [6.45, 7) is 5.90. The van der Waals surface area contributed by atoms with Gasteiger partial charge in [0.1, 0.15) is 17.5 Å². The Hall–Kier alpha value is -3.46. The molecule has 0 radical (unpaired) electrons. The lowest BCUT2D eigenvalue weighted by Gasteiger charge is -2.29. The van der Waals surface area contributed by atoms with Crippen LogP contribution in [0.5, 0.6) is 11.5 Å². The van der Waals surface area contributed by atoms with Crippen molar-refractivity contribution in [3.63, 3.8) is 0 Å². The van der Waals surface area contributed by atoms with Crippen LogP contribution in [0.25, 0.3) is 0 Å². The molecule has 1 aliphatic rings. The molecule has 33 heavy (non-hydrogen) atoms. The van der Waals surface area contributed by atoms with Gasteiger partial charge in [0.15, 0.2) is 0 Å². The van der Waals surface area contributed by atoms with E-state index in [9.17, 15) is 4.79 Å². The molecule has 2 aromatic carbocycles. The molecular formula is C24H27N5O3S. The number of rotatable bonds is 7. The molecule has 0 spiro atoms. The number of aryl methyl sites for hydroxylation is 1. The Morgan fingerprint density at radius 3 is 2.70 bits per heavy atom. The number of allylic oxidation sites excluding steroid dienone is 1. The third-order valence-corrected chi connectivity index (χ3v) is 6.08. The molecule has 1 amide bonds. The average molecular weight is 466 g/mol. The Morgan fingerprint density at radius 2 is 2.00 bits per heavy atom. The number of thioether (sulfide) groups is 1. The van der Waals surface area contributed by atoms with Gasteiger partial charge in [0.05, 0.1) is 19.8 Å². The van der Waals surface area contributed by atoms with Gasteiger partial charge in [-0.2, -0.15) is 4.98 Å². The van der Waals surface area contributed by atoms with Crippen molar-refractivity contribution in [2.24, 2.45) is 0 Å². The fraction of sp³-hybridized carbons (Fsp3) is 0.292. The summed E-state index contributed by atoms with van der Waals surface area (Å²) in [6, 6.07) is 12.7. The van der Waals surface area contributed by atoms with Crippen LogP contribution in [-0.4, -0.2) is 40.6 Å². The van der Waals surface area contributed by atoms with E-state index < -0.39 is 6.04 Å². The minimum absolute atomic E-state index is 0.230. The van der Waals surface area contributed by atoms with Gasteiger partial charge in [-0.05, 0) is 55.5 Å². The number of nitrogens with one attached hydrogen (secondary N) is 2. The predicted molar refractivity (Wildman–Crippen MR) is 130 cm³/mol. The van der Waals surface area contributed by atoms with E-state index in [1.807, 2.05) is 63.2 Å². The molecule has 1 aliphatic heterocycles. The standard InChI is InChI=1S/C24H27N5O3S/c1-6-33-24-27-23-25-15(3)20(22(30)26-16-9-7-8-14(2)12-16)21(29(23)28-24)18-13-17(31-4)10-11-19(18)32-5/h7-13,21H,6H2,1-5H3,(H,26,30)(H,25,27,28). The second-order valence-electron chi connectivity index (χ2n) is 7.59. The maximum Gasteiger partial charge on any atom is 0.255 e. The fourth-order valence-electron chi connectivity index (χ4n) is 3.88. The third-order valence-electron chi connectivity index (χ3n) is 5.36. The SMILES string of the molecule is CCSc1nc2n(n1)C(c1cc(OC)ccc1OC)C(C(=O)Nc1cccc(C)c1)=C(C)N2. The second-order valence-corrected chi connectivity index (χ2v) is 8.82. The van der Waals surface area contributed by atoms with Gasteiger partial charge in [0.2, 0.25) is 11.1 Å². The van der Waals surface area contributed by atoms with E-state index in [-0.39, 0.29) is 5.91 Å². The highest BCUT2D eigenvalue weighted by Gasteiger charge is 2.36. The van der Waals surface area contributed by atoms with Gasteiger partial charge in [-0.1, -0.05) is 30.8 Å². The highest BCUT2D eigenvalue weighted by atomic mass is 32.2. The number of anilines is 2. The van der Waals surface area contributed by atoms with E-state index in [4.69, 9.17) is 14.6 Å². The molecule has 2 heterocycles. The van der Waals surface area contributed by atoms with Crippen molar-refractivity contribution < 1.29 is 14.3 Å². The number of carbonyl (C=O) groups is 1. The van der Waals surface area contributed by atoms with Crippen LogP contribution in [0.4, 0.5) is 11.6 Å². The van der Waals surface area contributed by atoms with Gasteiger partial charge >= 0.3 is 0 Å². The summed E-state index contributed by atoms with van der Waals surface area (Å²) in [5.74, 6) is 2.47. The maximum atomic E-state index is 13.6. The second kappa shape index (κ2) is 9.58. The van der Waals surface area contributed by atoms with Crippen LogP contribution in [0.2, 0.25) is 0 Å². The first-order valence-corrected chi connectivity index (χ1v) is 11.6. The molecule has 1 unspecified atom stereocenters. The van der Waals surface area contributed by atoms with Crippen molar-refractivity contribution in [1.82, 2.24) is 14.8 Å². The van der Waals surface area contributed by atoms with E-state index in [0.29, 0.717) is 33.9 Å². The van der Waals surface area contributed by atoms with Crippen molar-refractivity contribution in [2.45, 2.75) is 32.0 Å². The predicted octanol–water partition coefficient (Wildman–Crippen LogP) is 4.64. The van der Waals surface area contributed by atoms with Gasteiger partial charge in [0, 0.05) is 16.9 Å². The molecule has 172 valence electrons. The Balaban J connectivity index is 1.85. The van der Waals surface area contributed by atoms with E-state index in [1.54, 1.807) is 30.7 Å². The molecule has 9 heteroatoms. The Kier molecular flexibility index (Phi) is 6.60. The molecule has 0 aliphatic carbocycles. The van der Waals surface area contributed by atoms with Gasteiger partial charge in [-0.15, -0.1) is 5.10 Å². The van der Waals surface area contributed by atoms with Crippen LogP contribution in [0.1, 0.15) is 31.0 Å². The Morgan fingerprint density at radius 1 is 1.18 bits per heavy atom. The van der Waals surface area contributed by atoms with Crippen LogP contribution >= 0.6 is 11.8 Å². The molecule has 0 fully saturated rings. The summed E-state index contributed by atoms with van der Waals surface area (Å²) >= 11 is 1.54. The molecule has 0 bridgehead atoms. The highest BCUT2D eigenvalue weighted by molar-refractivity contribution is 7.99. The normalized spacial score (nSPS) is 15.0. The molecule has 8 nitrogen and oxygen atoms in total. The minimum Gasteiger partial charge on any atom is -0.497 e. The van der Waals surface area contributed by atoms with Crippen LogP contribution in [0.15, 0.2) is 58.9 Å². The number of hydrogen-bond acceptors (Lipinski definition) is 7. The van der Waals surface area contributed by atoms with E-state index >= 15 is 0 Å². The summed E-state index contributed by atoms with van der Waals surface area (Å²) in [4.78, 5) is 18.2. The summed E-state index contributed by atoms with van der Waals surface area (Å²) in [7, 11) is 3.22. The van der Waals surface area contributed by atoms with Crippen molar-refractivity contribution >= 4 is 29.3 Å². The number of aromatic nitrogens is 3. The van der Waals surface area contributed by atoms with Crippen LogP contribution < -0.4 is 20.1 Å². The lowest BCUT2D eigenvalue weighted by atomic mass is 9.94. The fourth-order valence-corrected chi connectivity index (χ4v) is 4.43. The first kappa shape index (κ1) is 22.7. The zero-order valence-electron chi connectivity index (χ0n) is 19.3. The summed E-state index contributed by atoms with van der Waals surface area (Å²) in [5, 5.41) is 11.6. The summed E-state index contributed by atoms with van der Waals surface area (Å²) in [5.41, 5.74) is 3.76. The number of amides is 1. The molecule has 2 N–H and O–H groups in total. The van der Waals surface area contributed by atoms with E-state index in [0.717, 1.165) is 22.6 Å². The Bertz CT molecular complexity index is 1220. The maximum absolute atomic E-state index is 13.6. The van der Waals surface area contributed by atoms with Crippen molar-refractivity contribution in [3.05, 3.63) is 64.9 Å². The smallest absolute Gasteiger partial charge is 0.255 e. The number of fused-ring (bicyclic) bond motifs is 1. The third kappa shape index (κ3) is 4.54. The first-order valence-electron chi connectivity index (χ1n) is 10.6. The summed E-state index contributed by atoms with van der Waals surface area (Å²) in [6.07, 6.45) is 0. The molecule has 1 atom stereocenters. The lowest BCUT2D eigenvalue weighted by Crippen LogP contribution is -2.31. The largest absolute Gasteiger partial charge is 0.497 e. The van der Waals surface area contributed by atoms with Gasteiger partial charge in [0.25, 0.3) is 5.91 Å². The monoisotopic (exact) mass is 465 g/mol. The lowest BCUT2D eigenvalue weighted by molar-refractivity contribution is -0.113. The number of nitrogens with zero attached hydrogens (tertiary/aromatic N) is 3. The molecule has 3 aromatic rings. The van der Waals surface area contributed by atoms with Crippen molar-refractivity contribution in [3.8, 4) is 11.5 Å². The van der Waals surface area contributed by atoms with Gasteiger partial charge in [-0.3, -0.25) is 4.79 Å². The van der Waals surface area contributed by atoms with Crippen molar-refractivity contribution in [2.75, 3.05) is 30.6 Å².